The molecular weight excluding hydrogens is 276 g/mol. The van der Waals surface area contributed by atoms with Gasteiger partial charge in [-0.25, -0.2) is 0 Å². The topological polar surface area (TPSA) is 47.9 Å². The maximum atomic E-state index is 10.5. The Labute approximate surface area is 123 Å². The predicted octanol–water partition coefficient (Wildman–Crippen LogP) is 2.19. The molecular formula is C15H20O4S. The van der Waals surface area contributed by atoms with Gasteiger partial charge in [0.05, 0.1) is 12.7 Å². The van der Waals surface area contributed by atoms with Crippen LogP contribution in [0.1, 0.15) is 18.8 Å². The van der Waals surface area contributed by atoms with E-state index in [2.05, 4.69) is 0 Å². The summed E-state index contributed by atoms with van der Waals surface area (Å²) in [5, 5.41) is 10.5. The zero-order valence-corrected chi connectivity index (χ0v) is 12.5. The molecule has 2 aliphatic heterocycles. The molecule has 6 atom stereocenters. The zero-order valence-electron chi connectivity index (χ0n) is 11.6. The van der Waals surface area contributed by atoms with Gasteiger partial charge in [0.15, 0.2) is 6.29 Å². The Morgan fingerprint density at radius 2 is 1.95 bits per heavy atom. The van der Waals surface area contributed by atoms with Gasteiger partial charge in [-0.1, -0.05) is 37.3 Å². The summed E-state index contributed by atoms with van der Waals surface area (Å²) in [7, 11) is 0. The van der Waals surface area contributed by atoms with Crippen LogP contribution in [0.25, 0.3) is 0 Å². The third-order valence-electron chi connectivity index (χ3n) is 3.98. The van der Waals surface area contributed by atoms with Gasteiger partial charge in [-0.15, -0.1) is 11.8 Å². The van der Waals surface area contributed by atoms with Crippen molar-refractivity contribution in [3.05, 3.63) is 35.9 Å². The fourth-order valence-corrected chi connectivity index (χ4v) is 3.62. The van der Waals surface area contributed by atoms with Crippen molar-refractivity contribution in [3.8, 4) is 0 Å². The van der Waals surface area contributed by atoms with Gasteiger partial charge in [-0.3, -0.25) is 0 Å². The molecule has 1 aromatic carbocycles. The number of benzene rings is 1. The van der Waals surface area contributed by atoms with E-state index < -0.39 is 12.4 Å². The molecule has 2 heterocycles. The van der Waals surface area contributed by atoms with Crippen LogP contribution in [-0.2, 0) is 14.2 Å². The quantitative estimate of drug-likeness (QED) is 0.906. The molecule has 3 unspecified atom stereocenters. The smallest absolute Gasteiger partial charge is 0.184 e. The number of ether oxygens (including phenoxy) is 3. The Hall–Kier alpha value is -0.590. The Morgan fingerprint density at radius 1 is 1.20 bits per heavy atom. The number of aliphatic hydroxyl groups is 1. The van der Waals surface area contributed by atoms with Crippen molar-refractivity contribution in [1.82, 2.24) is 0 Å². The van der Waals surface area contributed by atoms with Crippen LogP contribution in [0, 0.1) is 5.92 Å². The second-order valence-electron chi connectivity index (χ2n) is 5.30. The highest BCUT2D eigenvalue weighted by atomic mass is 32.2. The summed E-state index contributed by atoms with van der Waals surface area (Å²) in [5.74, 6) is 0.0424. The van der Waals surface area contributed by atoms with E-state index in [4.69, 9.17) is 14.2 Å². The second-order valence-corrected chi connectivity index (χ2v) is 6.24. The van der Waals surface area contributed by atoms with Crippen molar-refractivity contribution in [2.24, 2.45) is 5.92 Å². The van der Waals surface area contributed by atoms with Gasteiger partial charge < -0.3 is 19.3 Å². The highest BCUT2D eigenvalue weighted by Crippen LogP contribution is 2.38. The fourth-order valence-electron chi connectivity index (χ4n) is 2.78. The van der Waals surface area contributed by atoms with Crippen LogP contribution in [-0.4, -0.2) is 41.7 Å². The summed E-state index contributed by atoms with van der Waals surface area (Å²) >= 11 is 1.62. The van der Waals surface area contributed by atoms with Crippen molar-refractivity contribution in [2.75, 3.05) is 12.9 Å². The Kier molecular flexibility index (Phi) is 4.33. The monoisotopic (exact) mass is 296 g/mol. The van der Waals surface area contributed by atoms with Crippen molar-refractivity contribution >= 4 is 11.8 Å². The SMILES string of the molecule is CS[C@@H]1OC2COC(c3ccccc3)O[C@H]2[C@H](O)C1C. The standard InChI is InChI=1S/C15H20O4S/c1-9-12(16)13-11(18-15(9)20-2)8-17-14(19-13)10-6-4-3-5-7-10/h3-7,9,11-16H,8H2,1-2H3/t9?,11?,12-,13-,14?,15+/m1/s1. The van der Waals surface area contributed by atoms with Crippen LogP contribution < -0.4 is 0 Å². The number of hydrogen-bond donors (Lipinski definition) is 1. The van der Waals surface area contributed by atoms with Crippen LogP contribution in [0.5, 0.6) is 0 Å². The van der Waals surface area contributed by atoms with Gasteiger partial charge in [0.25, 0.3) is 0 Å². The number of hydrogen-bond acceptors (Lipinski definition) is 5. The molecule has 5 heteroatoms. The highest BCUT2D eigenvalue weighted by Gasteiger charge is 2.47. The minimum absolute atomic E-state index is 0.00766. The molecule has 1 N–H and O–H groups in total. The molecule has 2 aliphatic rings. The molecule has 0 radical (unpaired) electrons. The molecule has 0 amide bonds. The predicted molar refractivity (Wildman–Crippen MR) is 77.4 cm³/mol. The van der Waals surface area contributed by atoms with Crippen LogP contribution in [0.15, 0.2) is 30.3 Å². The van der Waals surface area contributed by atoms with Crippen LogP contribution >= 0.6 is 11.8 Å². The Bertz CT molecular complexity index is 439. The number of thioether (sulfide) groups is 1. The van der Waals surface area contributed by atoms with Crippen molar-refractivity contribution in [3.63, 3.8) is 0 Å². The minimum Gasteiger partial charge on any atom is -0.390 e. The van der Waals surface area contributed by atoms with Crippen LogP contribution in [0.2, 0.25) is 0 Å². The first-order chi connectivity index (χ1) is 9.70. The summed E-state index contributed by atoms with van der Waals surface area (Å²) in [6.45, 7) is 2.45. The summed E-state index contributed by atoms with van der Waals surface area (Å²) in [6, 6.07) is 9.80. The summed E-state index contributed by atoms with van der Waals surface area (Å²) in [4.78, 5) is 0. The minimum atomic E-state index is -0.527. The van der Waals surface area contributed by atoms with Crippen molar-refractivity contribution < 1.29 is 19.3 Å². The molecule has 0 aliphatic carbocycles. The molecule has 110 valence electrons. The molecule has 4 nitrogen and oxygen atoms in total. The summed E-state index contributed by atoms with van der Waals surface area (Å²) in [5.41, 5.74) is 0.963. The summed E-state index contributed by atoms with van der Waals surface area (Å²) < 4.78 is 17.6. The molecule has 2 saturated heterocycles. The molecule has 0 saturated carbocycles. The van der Waals surface area contributed by atoms with Crippen molar-refractivity contribution in [1.29, 1.82) is 0 Å². The lowest BCUT2D eigenvalue weighted by Crippen LogP contribution is -2.57. The largest absolute Gasteiger partial charge is 0.390 e. The summed E-state index contributed by atoms with van der Waals surface area (Å²) in [6.07, 6.45) is 0.520. The third kappa shape index (κ3) is 2.61. The number of rotatable bonds is 2. The highest BCUT2D eigenvalue weighted by molar-refractivity contribution is 7.99. The van der Waals surface area contributed by atoms with Crippen molar-refractivity contribution in [2.45, 2.75) is 37.0 Å². The van der Waals surface area contributed by atoms with E-state index in [-0.39, 0.29) is 23.6 Å². The first-order valence-electron chi connectivity index (χ1n) is 6.89. The molecule has 20 heavy (non-hydrogen) atoms. The van der Waals surface area contributed by atoms with Gasteiger partial charge in [0.1, 0.15) is 17.6 Å². The lowest BCUT2D eigenvalue weighted by Gasteiger charge is -2.46. The van der Waals surface area contributed by atoms with Gasteiger partial charge in [0.2, 0.25) is 0 Å². The third-order valence-corrected chi connectivity index (χ3v) is 4.98. The number of fused-ring (bicyclic) bond motifs is 1. The van der Waals surface area contributed by atoms with E-state index in [1.54, 1.807) is 11.8 Å². The van der Waals surface area contributed by atoms with Crippen LogP contribution in [0.4, 0.5) is 0 Å². The maximum absolute atomic E-state index is 10.5. The van der Waals surface area contributed by atoms with Gasteiger partial charge >= 0.3 is 0 Å². The second kappa shape index (κ2) is 6.03. The Balaban J connectivity index is 1.74. The van der Waals surface area contributed by atoms with E-state index in [9.17, 15) is 5.11 Å². The first-order valence-corrected chi connectivity index (χ1v) is 8.18. The van der Waals surface area contributed by atoms with E-state index >= 15 is 0 Å². The first kappa shape index (κ1) is 14.4. The van der Waals surface area contributed by atoms with E-state index in [1.807, 2.05) is 43.5 Å². The molecule has 0 aromatic heterocycles. The maximum Gasteiger partial charge on any atom is 0.184 e. The molecule has 3 rings (SSSR count). The average molecular weight is 296 g/mol. The lowest BCUT2D eigenvalue weighted by atomic mass is 9.93. The molecule has 0 spiro atoms. The fraction of sp³-hybridized carbons (Fsp3) is 0.600. The van der Waals surface area contributed by atoms with Crippen LogP contribution in [0.3, 0.4) is 0 Å². The molecule has 1 aromatic rings. The molecule has 0 bridgehead atoms. The van der Waals surface area contributed by atoms with Gasteiger partial charge in [-0.2, -0.15) is 0 Å². The lowest BCUT2D eigenvalue weighted by molar-refractivity contribution is -0.311. The Morgan fingerprint density at radius 3 is 2.65 bits per heavy atom. The van der Waals surface area contributed by atoms with E-state index in [1.165, 1.54) is 0 Å². The average Bonchev–Trinajstić information content (AvgIpc) is 2.51. The normalized spacial score (nSPS) is 41.1. The number of aliphatic hydroxyl groups excluding tert-OH is 1. The van der Waals surface area contributed by atoms with Gasteiger partial charge in [0, 0.05) is 11.5 Å². The molecule has 2 fully saturated rings. The van der Waals surface area contributed by atoms with E-state index in [0.29, 0.717) is 6.61 Å². The van der Waals surface area contributed by atoms with E-state index in [0.717, 1.165) is 5.56 Å². The zero-order chi connectivity index (χ0) is 14.1. The van der Waals surface area contributed by atoms with Gasteiger partial charge in [-0.05, 0) is 6.26 Å².